The van der Waals surface area contributed by atoms with E-state index in [0.717, 1.165) is 10.4 Å². The van der Waals surface area contributed by atoms with Crippen molar-refractivity contribution in [2.45, 2.75) is 31.3 Å². The summed E-state index contributed by atoms with van der Waals surface area (Å²) in [6.45, 7) is 5.08. The van der Waals surface area contributed by atoms with Crippen LogP contribution in [0.4, 0.5) is 10.5 Å². The third kappa shape index (κ3) is 5.95. The molecule has 1 unspecified atom stereocenters. The highest BCUT2D eigenvalue weighted by molar-refractivity contribution is 7.93. The SMILES string of the molecule is CC(C)(C)OC(=O)N=S(C)(=O)c1ccc(C(=O)Nc2cc(-c3cccs3)ccc2O)cc1. The average Bonchev–Trinajstić information content (AvgIpc) is 3.22. The maximum atomic E-state index is 12.9. The smallest absolute Gasteiger partial charge is 0.442 e. The Morgan fingerprint density at radius 3 is 2.38 bits per heavy atom. The van der Waals surface area contributed by atoms with Gasteiger partial charge in [0.2, 0.25) is 0 Å². The average molecular weight is 473 g/mol. The van der Waals surface area contributed by atoms with Gasteiger partial charge in [0.25, 0.3) is 5.91 Å². The highest BCUT2D eigenvalue weighted by Crippen LogP contribution is 2.32. The van der Waals surface area contributed by atoms with Gasteiger partial charge in [-0.1, -0.05) is 6.07 Å². The van der Waals surface area contributed by atoms with Crippen LogP contribution < -0.4 is 5.32 Å². The second-order valence-electron chi connectivity index (χ2n) is 8.06. The minimum absolute atomic E-state index is 0.0528. The van der Waals surface area contributed by atoms with Crippen molar-refractivity contribution >= 4 is 38.8 Å². The third-order valence-corrected chi connectivity index (χ3v) is 6.81. The number of anilines is 1. The van der Waals surface area contributed by atoms with Crippen molar-refractivity contribution in [2.75, 3.05) is 11.6 Å². The molecule has 0 radical (unpaired) electrons. The van der Waals surface area contributed by atoms with Gasteiger partial charge in [-0.2, -0.15) is 0 Å². The molecule has 0 aliphatic carbocycles. The number of rotatable bonds is 4. The molecule has 3 rings (SSSR count). The lowest BCUT2D eigenvalue weighted by Gasteiger charge is -2.17. The Morgan fingerprint density at radius 1 is 1.09 bits per heavy atom. The number of ether oxygens (including phenoxy) is 1. The molecule has 0 saturated heterocycles. The van der Waals surface area contributed by atoms with Gasteiger partial charge < -0.3 is 15.2 Å². The molecule has 2 aromatic carbocycles. The summed E-state index contributed by atoms with van der Waals surface area (Å²) in [5.41, 5.74) is 0.703. The molecule has 0 aliphatic rings. The Morgan fingerprint density at radius 2 is 1.78 bits per heavy atom. The Hall–Kier alpha value is -3.17. The molecule has 0 fully saturated rings. The van der Waals surface area contributed by atoms with Gasteiger partial charge in [-0.05, 0) is 80.2 Å². The van der Waals surface area contributed by atoms with Gasteiger partial charge in [0, 0.05) is 21.6 Å². The highest BCUT2D eigenvalue weighted by Gasteiger charge is 2.18. The van der Waals surface area contributed by atoms with Crippen LogP contribution in [-0.4, -0.2) is 33.2 Å². The van der Waals surface area contributed by atoms with Crippen molar-refractivity contribution in [3.05, 3.63) is 65.5 Å². The molecule has 7 nitrogen and oxygen atoms in total. The van der Waals surface area contributed by atoms with Gasteiger partial charge in [-0.25, -0.2) is 9.00 Å². The van der Waals surface area contributed by atoms with E-state index in [4.69, 9.17) is 4.74 Å². The number of phenols is 1. The summed E-state index contributed by atoms with van der Waals surface area (Å²) >= 11 is 1.55. The van der Waals surface area contributed by atoms with Gasteiger partial charge in [-0.3, -0.25) is 4.79 Å². The molecular formula is C23H24N2O5S2. The summed E-state index contributed by atoms with van der Waals surface area (Å²) in [6, 6.07) is 14.8. The maximum Gasteiger partial charge on any atom is 0.442 e. The van der Waals surface area contributed by atoms with E-state index in [1.54, 1.807) is 44.2 Å². The second kappa shape index (κ2) is 9.13. The molecule has 1 atom stereocenters. The van der Waals surface area contributed by atoms with Crippen molar-refractivity contribution in [1.82, 2.24) is 0 Å². The molecule has 0 spiro atoms. The lowest BCUT2D eigenvalue weighted by molar-refractivity contribution is 0.0607. The fourth-order valence-corrected chi connectivity index (χ4v) is 4.55. The van der Waals surface area contributed by atoms with Crippen LogP contribution in [-0.2, 0) is 14.5 Å². The number of hydrogen-bond donors (Lipinski definition) is 2. The lowest BCUT2D eigenvalue weighted by Crippen LogP contribution is -2.22. The van der Waals surface area contributed by atoms with Gasteiger partial charge >= 0.3 is 6.09 Å². The number of thiophene rings is 1. The standard InChI is InChI=1S/C23H24N2O5S2/c1-23(2,3)30-22(28)25-32(4,29)17-10-7-15(8-11-17)21(27)24-18-14-16(9-12-19(18)26)20-6-5-13-31-20/h5-14,26H,1-4H3,(H,24,27). The van der Waals surface area contributed by atoms with Crippen molar-refractivity contribution < 1.29 is 23.6 Å². The molecule has 0 bridgehead atoms. The fraction of sp³-hybridized carbons (Fsp3) is 0.217. The molecule has 9 heteroatoms. The van der Waals surface area contributed by atoms with E-state index in [-0.39, 0.29) is 11.4 Å². The van der Waals surface area contributed by atoms with E-state index in [9.17, 15) is 18.9 Å². The third-order valence-electron chi connectivity index (χ3n) is 4.25. The van der Waals surface area contributed by atoms with Crippen LogP contribution in [0.3, 0.4) is 0 Å². The first kappa shape index (κ1) is 23.5. The molecule has 2 amide bonds. The molecule has 1 heterocycles. The van der Waals surface area contributed by atoms with Gasteiger partial charge in [-0.15, -0.1) is 15.7 Å². The fourth-order valence-electron chi connectivity index (χ4n) is 2.76. The van der Waals surface area contributed by atoms with E-state index in [1.165, 1.54) is 36.6 Å². The number of carbonyl (C=O) groups is 2. The molecule has 3 aromatic rings. The summed E-state index contributed by atoms with van der Waals surface area (Å²) in [4.78, 5) is 25.9. The van der Waals surface area contributed by atoms with E-state index in [2.05, 4.69) is 9.68 Å². The Kier molecular flexibility index (Phi) is 6.71. The van der Waals surface area contributed by atoms with Crippen LogP contribution in [0.5, 0.6) is 5.75 Å². The predicted molar refractivity (Wildman–Crippen MR) is 127 cm³/mol. The summed E-state index contributed by atoms with van der Waals surface area (Å²) < 4.78 is 21.6. The first-order chi connectivity index (χ1) is 14.9. The van der Waals surface area contributed by atoms with Crippen molar-refractivity contribution in [2.24, 2.45) is 4.36 Å². The summed E-state index contributed by atoms with van der Waals surface area (Å²) in [6.07, 6.45) is 0.424. The Labute approximate surface area is 191 Å². The minimum Gasteiger partial charge on any atom is -0.506 e. The molecule has 32 heavy (non-hydrogen) atoms. The van der Waals surface area contributed by atoms with E-state index < -0.39 is 27.3 Å². The topological polar surface area (TPSA) is 105 Å². The molecule has 0 aliphatic heterocycles. The number of carbonyl (C=O) groups excluding carboxylic acids is 2. The first-order valence-electron chi connectivity index (χ1n) is 9.68. The van der Waals surface area contributed by atoms with Gasteiger partial charge in [0.1, 0.15) is 11.4 Å². The normalized spacial score (nSPS) is 13.1. The van der Waals surface area contributed by atoms with Crippen LogP contribution in [0.15, 0.2) is 69.2 Å². The molecular weight excluding hydrogens is 448 g/mol. The first-order valence-corrected chi connectivity index (χ1v) is 12.5. The van der Waals surface area contributed by atoms with Crippen molar-refractivity contribution in [3.63, 3.8) is 0 Å². The number of amides is 2. The number of nitrogens with one attached hydrogen (secondary N) is 1. The zero-order valence-electron chi connectivity index (χ0n) is 18.1. The van der Waals surface area contributed by atoms with Gasteiger partial charge in [0.15, 0.2) is 0 Å². The number of benzene rings is 2. The maximum absolute atomic E-state index is 12.9. The van der Waals surface area contributed by atoms with E-state index in [1.807, 2.05) is 17.5 Å². The van der Waals surface area contributed by atoms with E-state index in [0.29, 0.717) is 10.5 Å². The number of aromatic hydroxyl groups is 1. The number of hydrogen-bond acceptors (Lipinski definition) is 6. The molecule has 2 N–H and O–H groups in total. The van der Waals surface area contributed by atoms with Gasteiger partial charge in [0.05, 0.1) is 15.4 Å². The van der Waals surface area contributed by atoms with E-state index >= 15 is 0 Å². The van der Waals surface area contributed by atoms with Crippen LogP contribution in [0.25, 0.3) is 10.4 Å². The van der Waals surface area contributed by atoms with Crippen LogP contribution >= 0.6 is 11.3 Å². The number of nitrogens with zero attached hydrogens (tertiary/aromatic N) is 1. The van der Waals surface area contributed by atoms with Crippen LogP contribution in [0, 0.1) is 0 Å². The zero-order chi connectivity index (χ0) is 23.5. The van der Waals surface area contributed by atoms with Crippen molar-refractivity contribution in [3.8, 4) is 16.2 Å². The second-order valence-corrected chi connectivity index (χ2v) is 11.3. The molecule has 168 valence electrons. The monoisotopic (exact) mass is 472 g/mol. The molecule has 1 aromatic heterocycles. The largest absolute Gasteiger partial charge is 0.506 e. The summed E-state index contributed by atoms with van der Waals surface area (Å²) in [5, 5.41) is 14.8. The van der Waals surface area contributed by atoms with Crippen LogP contribution in [0.1, 0.15) is 31.1 Å². The Balaban J connectivity index is 1.78. The predicted octanol–water partition coefficient (Wildman–Crippen LogP) is 5.76. The quantitative estimate of drug-likeness (QED) is 0.469. The summed E-state index contributed by atoms with van der Waals surface area (Å²) in [7, 11) is -3.04. The minimum atomic E-state index is -3.04. The van der Waals surface area contributed by atoms with Crippen molar-refractivity contribution in [1.29, 1.82) is 0 Å². The summed E-state index contributed by atoms with van der Waals surface area (Å²) in [5.74, 6) is -0.495. The van der Waals surface area contributed by atoms with Crippen LogP contribution in [0.2, 0.25) is 0 Å². The lowest BCUT2D eigenvalue weighted by atomic mass is 10.1. The Bertz CT molecular complexity index is 1250. The highest BCUT2D eigenvalue weighted by atomic mass is 32.2. The number of phenolic OH excluding ortho intramolecular Hbond substituents is 1. The zero-order valence-corrected chi connectivity index (χ0v) is 19.8. The molecule has 0 saturated carbocycles.